The van der Waals surface area contributed by atoms with E-state index in [0.717, 1.165) is 4.71 Å². The standard InChI is InChI=1S/C8H17As/c9-8-6-4-2-1-3-5-7-8/h8H,1-7,9H2. The molecule has 54 valence electrons. The van der Waals surface area contributed by atoms with Crippen LogP contribution in [0.5, 0.6) is 0 Å². The van der Waals surface area contributed by atoms with E-state index in [1.807, 2.05) is 16.9 Å². The van der Waals surface area contributed by atoms with Crippen molar-refractivity contribution in [2.75, 3.05) is 0 Å². The molecule has 0 heterocycles. The molecule has 0 saturated heterocycles. The molecule has 1 aliphatic rings. The van der Waals surface area contributed by atoms with Crippen molar-refractivity contribution in [2.24, 2.45) is 0 Å². The third-order valence-electron chi connectivity index (χ3n) is 2.15. The Balaban J connectivity index is 2.12. The topological polar surface area (TPSA) is 0 Å². The summed E-state index contributed by atoms with van der Waals surface area (Å²) < 4.78 is 1.08. The van der Waals surface area contributed by atoms with Crippen LogP contribution >= 0.6 is 0 Å². The molecule has 0 bridgehead atoms. The molecule has 1 atom stereocenters. The molecule has 1 aliphatic carbocycles. The van der Waals surface area contributed by atoms with Gasteiger partial charge < -0.3 is 0 Å². The molecule has 0 aromatic carbocycles. The second-order valence-electron chi connectivity index (χ2n) is 3.11. The fraction of sp³-hybridized carbons (Fsp3) is 1.00. The van der Waals surface area contributed by atoms with E-state index in [-0.39, 0.29) is 0 Å². The molecule has 0 amide bonds. The van der Waals surface area contributed by atoms with E-state index in [2.05, 4.69) is 0 Å². The summed E-state index contributed by atoms with van der Waals surface area (Å²) in [5.41, 5.74) is 0. The van der Waals surface area contributed by atoms with Gasteiger partial charge in [0.2, 0.25) is 0 Å². The van der Waals surface area contributed by atoms with Crippen molar-refractivity contribution >= 4 is 16.9 Å². The maximum absolute atomic E-state index is 1.97. The molecule has 9 heavy (non-hydrogen) atoms. The van der Waals surface area contributed by atoms with Gasteiger partial charge in [-0.15, -0.1) is 0 Å². The van der Waals surface area contributed by atoms with Gasteiger partial charge in [0.05, 0.1) is 0 Å². The molecule has 1 fully saturated rings. The first-order valence-electron chi connectivity index (χ1n) is 4.15. The zero-order valence-electron chi connectivity index (χ0n) is 6.10. The third kappa shape index (κ3) is 3.30. The van der Waals surface area contributed by atoms with Gasteiger partial charge in [-0.3, -0.25) is 0 Å². The molecule has 1 unspecified atom stereocenters. The fourth-order valence-electron chi connectivity index (χ4n) is 1.49. The van der Waals surface area contributed by atoms with Crippen molar-refractivity contribution in [3.8, 4) is 0 Å². The first kappa shape index (κ1) is 7.66. The normalized spacial score (nSPS) is 25.0. The molecule has 0 aliphatic heterocycles. The second-order valence-corrected chi connectivity index (χ2v) is 5.08. The first-order chi connectivity index (χ1) is 4.39. The van der Waals surface area contributed by atoms with E-state index >= 15 is 0 Å². The van der Waals surface area contributed by atoms with Crippen molar-refractivity contribution in [1.82, 2.24) is 0 Å². The van der Waals surface area contributed by atoms with Gasteiger partial charge in [0.15, 0.2) is 0 Å². The first-order valence-corrected chi connectivity index (χ1v) is 5.55. The van der Waals surface area contributed by atoms with Gasteiger partial charge in [0.25, 0.3) is 0 Å². The molecule has 1 rings (SSSR count). The van der Waals surface area contributed by atoms with Gasteiger partial charge in [-0.05, 0) is 0 Å². The minimum atomic E-state index is 1.08. The van der Waals surface area contributed by atoms with E-state index in [4.69, 9.17) is 0 Å². The van der Waals surface area contributed by atoms with Crippen molar-refractivity contribution in [3.63, 3.8) is 0 Å². The second kappa shape index (κ2) is 4.39. The molecule has 1 heteroatoms. The van der Waals surface area contributed by atoms with E-state index in [1.165, 1.54) is 44.9 Å². The van der Waals surface area contributed by atoms with Crippen molar-refractivity contribution < 1.29 is 0 Å². The average molecular weight is 188 g/mol. The maximum atomic E-state index is 1.97. The Hall–Kier alpha value is 0.558. The summed E-state index contributed by atoms with van der Waals surface area (Å²) in [5.74, 6) is 0. The van der Waals surface area contributed by atoms with Gasteiger partial charge in [-0.2, -0.15) is 0 Å². The summed E-state index contributed by atoms with van der Waals surface area (Å²) in [6.45, 7) is 0. The number of rotatable bonds is 0. The van der Waals surface area contributed by atoms with E-state index in [1.54, 1.807) is 0 Å². The van der Waals surface area contributed by atoms with Crippen LogP contribution in [-0.4, -0.2) is 16.9 Å². The van der Waals surface area contributed by atoms with Crippen molar-refractivity contribution in [1.29, 1.82) is 0 Å². The van der Waals surface area contributed by atoms with Crippen molar-refractivity contribution in [2.45, 2.75) is 49.7 Å². The zero-order valence-corrected chi connectivity index (χ0v) is 8.53. The average Bonchev–Trinajstić information content (AvgIpc) is 1.79. The zero-order chi connectivity index (χ0) is 6.53. The van der Waals surface area contributed by atoms with Crippen LogP contribution in [0.2, 0.25) is 4.71 Å². The molecule has 0 aromatic rings. The Labute approximate surface area is 66.9 Å². The molecule has 0 nitrogen and oxygen atoms in total. The minimum absolute atomic E-state index is 1.08. The van der Waals surface area contributed by atoms with Crippen molar-refractivity contribution in [3.05, 3.63) is 0 Å². The summed E-state index contributed by atoms with van der Waals surface area (Å²) in [6, 6.07) is 0. The predicted molar refractivity (Wildman–Crippen MR) is 44.6 cm³/mol. The van der Waals surface area contributed by atoms with Crippen LogP contribution in [0.4, 0.5) is 0 Å². The van der Waals surface area contributed by atoms with Crippen LogP contribution in [0.3, 0.4) is 0 Å². The summed E-state index contributed by atoms with van der Waals surface area (Å²) in [6.07, 6.45) is 10.5. The van der Waals surface area contributed by atoms with Gasteiger partial charge in [-0.1, -0.05) is 0 Å². The summed E-state index contributed by atoms with van der Waals surface area (Å²) in [5, 5.41) is 0. The van der Waals surface area contributed by atoms with E-state index < -0.39 is 0 Å². The predicted octanol–water partition coefficient (Wildman–Crippen LogP) is 2.15. The van der Waals surface area contributed by atoms with Crippen LogP contribution in [0, 0.1) is 0 Å². The number of hydrogen-bond acceptors (Lipinski definition) is 0. The summed E-state index contributed by atoms with van der Waals surface area (Å²) in [7, 11) is 0. The van der Waals surface area contributed by atoms with Gasteiger partial charge in [0.1, 0.15) is 0 Å². The van der Waals surface area contributed by atoms with Gasteiger partial charge >= 0.3 is 66.5 Å². The number of hydrogen-bond donors (Lipinski definition) is 0. The van der Waals surface area contributed by atoms with Crippen LogP contribution < -0.4 is 0 Å². The Morgan fingerprint density at radius 1 is 0.778 bits per heavy atom. The molecule has 0 N–H and O–H groups in total. The Morgan fingerprint density at radius 2 is 1.22 bits per heavy atom. The fourth-order valence-corrected chi connectivity index (χ4v) is 2.48. The van der Waals surface area contributed by atoms with E-state index in [9.17, 15) is 0 Å². The quantitative estimate of drug-likeness (QED) is 0.511. The van der Waals surface area contributed by atoms with Crippen LogP contribution in [0.15, 0.2) is 0 Å². The molecule has 0 radical (unpaired) electrons. The Bertz CT molecular complexity index is 63.0. The Kier molecular flexibility index (Phi) is 3.73. The molecule has 1 saturated carbocycles. The SMILES string of the molecule is [AsH2]C1CCCCCCC1. The Morgan fingerprint density at radius 3 is 1.78 bits per heavy atom. The van der Waals surface area contributed by atoms with Crippen LogP contribution in [0.1, 0.15) is 44.9 Å². The summed E-state index contributed by atoms with van der Waals surface area (Å²) >= 11 is 1.97. The van der Waals surface area contributed by atoms with Gasteiger partial charge in [0, 0.05) is 0 Å². The monoisotopic (exact) mass is 188 g/mol. The van der Waals surface area contributed by atoms with Crippen LogP contribution in [0.25, 0.3) is 0 Å². The van der Waals surface area contributed by atoms with Gasteiger partial charge in [-0.25, -0.2) is 0 Å². The van der Waals surface area contributed by atoms with E-state index in [0.29, 0.717) is 0 Å². The molecular weight excluding hydrogens is 171 g/mol. The molecule has 0 aromatic heterocycles. The molecular formula is C8H17As. The summed E-state index contributed by atoms with van der Waals surface area (Å²) in [4.78, 5) is 0. The van der Waals surface area contributed by atoms with Crippen LogP contribution in [-0.2, 0) is 0 Å². The molecule has 0 spiro atoms. The third-order valence-corrected chi connectivity index (χ3v) is 3.55.